The number of ether oxygens (including phenoxy) is 5. The van der Waals surface area contributed by atoms with Gasteiger partial charge in [-0.1, -0.05) is 11.2 Å². The third kappa shape index (κ3) is 10.1. The molecule has 19 heteroatoms. The van der Waals surface area contributed by atoms with Crippen LogP contribution in [0.5, 0.6) is 5.75 Å². The number of carbonyl (C=O) groups is 3. The lowest BCUT2D eigenvalue weighted by Crippen LogP contribution is -2.52. The summed E-state index contributed by atoms with van der Waals surface area (Å²) in [6.07, 6.45) is 4.34. The summed E-state index contributed by atoms with van der Waals surface area (Å²) in [7, 11) is 1.66. The van der Waals surface area contributed by atoms with Crippen molar-refractivity contribution in [2.75, 3.05) is 70.5 Å². The molecule has 2 aliphatic heterocycles. The smallest absolute Gasteiger partial charge is 0.255 e. The van der Waals surface area contributed by atoms with Gasteiger partial charge in [-0.05, 0) is 77.1 Å². The van der Waals surface area contributed by atoms with Gasteiger partial charge in [-0.3, -0.25) is 19.7 Å². The zero-order valence-electron chi connectivity index (χ0n) is 38.5. The van der Waals surface area contributed by atoms with Crippen LogP contribution in [-0.4, -0.2) is 118 Å². The zero-order chi connectivity index (χ0) is 46.4. The first-order valence-corrected chi connectivity index (χ1v) is 23.2. The summed E-state index contributed by atoms with van der Waals surface area (Å²) >= 11 is 0. The molecular formula is C48H58N10O9. The molecule has 1 aliphatic carbocycles. The maximum absolute atomic E-state index is 13.1. The van der Waals surface area contributed by atoms with Crippen LogP contribution in [0.4, 0.5) is 17.3 Å². The van der Waals surface area contributed by atoms with Gasteiger partial charge < -0.3 is 48.7 Å². The number of methoxy groups -OCH3 is 1. The standard InChI is InChI=1S/C48H58N10O9/c1-5-58-41(25-36(55-58)30-11-12-30)53-46-44-32-24-39(62-4)33(43-28(2)56-67-29(43)3)23-37(32)50-45(44)51-40(52-46)27-66-18-8-17-64-20-22-65-21-19-63-16-7-15-49-35-10-6-9-31-34(35)26-57(48(31)61)38-13-14-42(59)54-47(38)60/h6,9-10,23-25,30,38,49H,5,7-8,11-22,26-27H2,1-4H3,(H,54,59,60)(H2,50,51,52,53). The summed E-state index contributed by atoms with van der Waals surface area (Å²) in [5.41, 5.74) is 7.51. The van der Waals surface area contributed by atoms with Crippen LogP contribution < -0.4 is 20.7 Å². The first-order chi connectivity index (χ1) is 32.7. The first kappa shape index (κ1) is 45.7. The molecule has 4 N–H and O–H groups in total. The molecule has 1 saturated heterocycles. The van der Waals surface area contributed by atoms with Gasteiger partial charge in [0.05, 0.1) is 55.9 Å². The van der Waals surface area contributed by atoms with E-state index in [4.69, 9.17) is 43.3 Å². The van der Waals surface area contributed by atoms with Gasteiger partial charge in [0.1, 0.15) is 41.4 Å². The summed E-state index contributed by atoms with van der Waals surface area (Å²) in [5.74, 6) is 3.07. The largest absolute Gasteiger partial charge is 0.496 e. The highest BCUT2D eigenvalue weighted by molar-refractivity contribution is 6.13. The summed E-state index contributed by atoms with van der Waals surface area (Å²) in [6.45, 7) is 11.2. The van der Waals surface area contributed by atoms with E-state index < -0.39 is 11.9 Å². The number of fused-ring (bicyclic) bond motifs is 4. The van der Waals surface area contributed by atoms with Crippen LogP contribution in [0.15, 0.2) is 40.9 Å². The topological polar surface area (TPSA) is 222 Å². The van der Waals surface area contributed by atoms with Gasteiger partial charge in [0.15, 0.2) is 5.82 Å². The molecule has 6 aromatic rings. The number of nitrogens with zero attached hydrogens (tertiary/aromatic N) is 6. The van der Waals surface area contributed by atoms with Crippen molar-refractivity contribution in [3.05, 3.63) is 70.5 Å². The number of amides is 3. The molecule has 4 aromatic heterocycles. The van der Waals surface area contributed by atoms with Gasteiger partial charge in [0, 0.05) is 91.1 Å². The molecule has 1 atom stereocenters. The maximum Gasteiger partial charge on any atom is 0.255 e. The molecule has 67 heavy (non-hydrogen) atoms. The number of benzene rings is 2. The molecule has 2 aromatic carbocycles. The molecule has 6 heterocycles. The Balaban J connectivity index is 0.699. The summed E-state index contributed by atoms with van der Waals surface area (Å²) < 4.78 is 36.7. The van der Waals surface area contributed by atoms with Crippen LogP contribution in [0.1, 0.15) is 90.3 Å². The highest BCUT2D eigenvalue weighted by Crippen LogP contribution is 2.43. The summed E-state index contributed by atoms with van der Waals surface area (Å²) in [4.78, 5) is 52.1. The van der Waals surface area contributed by atoms with Crippen molar-refractivity contribution in [1.82, 2.24) is 40.1 Å². The minimum Gasteiger partial charge on any atom is -0.496 e. The second kappa shape index (κ2) is 20.6. The predicted molar refractivity (Wildman–Crippen MR) is 248 cm³/mol. The number of piperidine rings is 1. The fourth-order valence-corrected chi connectivity index (χ4v) is 8.85. The molecule has 19 nitrogen and oxygen atoms in total. The van der Waals surface area contributed by atoms with E-state index >= 15 is 0 Å². The molecule has 0 radical (unpaired) electrons. The molecule has 3 aliphatic rings. The molecular weight excluding hydrogens is 861 g/mol. The van der Waals surface area contributed by atoms with Crippen molar-refractivity contribution in [2.45, 2.75) is 91.0 Å². The fraction of sp³-hybridized carbons (Fsp3) is 0.479. The van der Waals surface area contributed by atoms with E-state index in [-0.39, 0.29) is 24.8 Å². The lowest BCUT2D eigenvalue weighted by atomic mass is 10.0. The van der Waals surface area contributed by atoms with E-state index in [0.29, 0.717) is 119 Å². The number of nitrogens with one attached hydrogen (secondary N) is 4. The van der Waals surface area contributed by atoms with Crippen molar-refractivity contribution in [3.63, 3.8) is 0 Å². The van der Waals surface area contributed by atoms with Crippen molar-refractivity contribution >= 4 is 57.0 Å². The van der Waals surface area contributed by atoms with Gasteiger partial charge >= 0.3 is 0 Å². The summed E-state index contributed by atoms with van der Waals surface area (Å²) in [5, 5.41) is 20.2. The van der Waals surface area contributed by atoms with Gasteiger partial charge in [-0.2, -0.15) is 5.10 Å². The number of rotatable bonds is 24. The Labute approximate surface area is 387 Å². The Morgan fingerprint density at radius 2 is 1.67 bits per heavy atom. The van der Waals surface area contributed by atoms with Crippen LogP contribution in [0.3, 0.4) is 0 Å². The minimum absolute atomic E-state index is 0.187. The molecule has 0 bridgehead atoms. The Morgan fingerprint density at radius 3 is 2.40 bits per heavy atom. The number of anilines is 3. The van der Waals surface area contributed by atoms with Crippen molar-refractivity contribution < 1.29 is 42.6 Å². The van der Waals surface area contributed by atoms with Gasteiger partial charge in [-0.25, -0.2) is 14.6 Å². The lowest BCUT2D eigenvalue weighted by Gasteiger charge is -2.29. The highest BCUT2D eigenvalue weighted by Gasteiger charge is 2.40. The molecule has 3 amide bonds. The van der Waals surface area contributed by atoms with E-state index in [2.05, 4.69) is 45.1 Å². The second-order valence-electron chi connectivity index (χ2n) is 17.1. The molecule has 9 rings (SSSR count). The number of carbonyl (C=O) groups excluding carboxylic acids is 3. The number of aromatic amines is 1. The average Bonchev–Trinajstić information content (AvgIpc) is 3.70. The van der Waals surface area contributed by atoms with E-state index in [0.717, 1.165) is 75.1 Å². The monoisotopic (exact) mass is 918 g/mol. The summed E-state index contributed by atoms with van der Waals surface area (Å²) in [6, 6.07) is 11.1. The van der Waals surface area contributed by atoms with Gasteiger partial charge in [0.2, 0.25) is 11.8 Å². The Bertz CT molecular complexity index is 2740. The molecule has 2 fully saturated rings. The lowest BCUT2D eigenvalue weighted by molar-refractivity contribution is -0.136. The van der Waals surface area contributed by atoms with Crippen LogP contribution in [0.25, 0.3) is 33.1 Å². The number of aromatic nitrogens is 6. The molecule has 354 valence electrons. The normalized spacial score (nSPS) is 16.1. The van der Waals surface area contributed by atoms with Crippen LogP contribution in [0, 0.1) is 13.8 Å². The third-order valence-corrected chi connectivity index (χ3v) is 12.4. The van der Waals surface area contributed by atoms with Crippen LogP contribution in [0.2, 0.25) is 0 Å². The Kier molecular flexibility index (Phi) is 14.1. The van der Waals surface area contributed by atoms with Gasteiger partial charge in [0.25, 0.3) is 5.91 Å². The number of H-pyrrole nitrogens is 1. The van der Waals surface area contributed by atoms with Crippen molar-refractivity contribution in [3.8, 4) is 16.9 Å². The molecule has 0 spiro atoms. The van der Waals surface area contributed by atoms with E-state index in [9.17, 15) is 14.4 Å². The SMILES string of the molecule is CCn1nc(C2CC2)cc1Nc1nc(COCCCOCCOCCOCCCNc2cccc3c2CN(C2CCC(=O)NC2=O)C3=O)nc2[nH]c3cc(-c4c(C)noc4C)c(OC)cc3c12. The zero-order valence-corrected chi connectivity index (χ0v) is 38.5. The van der Waals surface area contributed by atoms with E-state index in [1.165, 1.54) is 0 Å². The minimum atomic E-state index is -0.639. The number of hydrogen-bond acceptors (Lipinski definition) is 15. The van der Waals surface area contributed by atoms with E-state index in [1.807, 2.05) is 36.7 Å². The molecule has 1 saturated carbocycles. The Hall–Kier alpha value is -6.41. The molecule has 1 unspecified atom stereocenters. The van der Waals surface area contributed by atoms with Crippen LogP contribution >= 0.6 is 0 Å². The number of hydrogen-bond donors (Lipinski definition) is 4. The maximum atomic E-state index is 13.1. The first-order valence-electron chi connectivity index (χ1n) is 23.2. The van der Waals surface area contributed by atoms with Crippen LogP contribution in [-0.2, 0) is 48.2 Å². The Morgan fingerprint density at radius 1 is 0.896 bits per heavy atom. The van der Waals surface area contributed by atoms with E-state index in [1.54, 1.807) is 18.1 Å². The average molecular weight is 919 g/mol. The fourth-order valence-electron chi connectivity index (χ4n) is 8.85. The van der Waals surface area contributed by atoms with Crippen molar-refractivity contribution in [1.29, 1.82) is 0 Å². The second-order valence-corrected chi connectivity index (χ2v) is 17.1. The van der Waals surface area contributed by atoms with Gasteiger partial charge in [-0.15, -0.1) is 0 Å². The number of aryl methyl sites for hydroxylation is 3. The predicted octanol–water partition coefficient (Wildman–Crippen LogP) is 6.45. The number of imide groups is 1. The van der Waals surface area contributed by atoms with Crippen molar-refractivity contribution in [2.24, 2.45) is 0 Å². The quantitative estimate of drug-likeness (QED) is 0.0379. The highest BCUT2D eigenvalue weighted by atomic mass is 16.5. The third-order valence-electron chi connectivity index (χ3n) is 12.4.